The molecule has 2 aromatic heterocycles. The summed E-state index contributed by atoms with van der Waals surface area (Å²) in [7, 11) is 5.61. The lowest BCUT2D eigenvalue weighted by Gasteiger charge is -2.11. The SMILES string of the molecule is [B]c1cccc(NC(=O)c2cc(-n3cnc(C4CC4)c3)c(C)cc2F)n1. The number of carbonyl (C=O) groups excluding carboxylic acids is 1. The quantitative estimate of drug-likeness (QED) is 0.739. The van der Waals surface area contributed by atoms with Crippen LogP contribution in [0.1, 0.15) is 40.4 Å². The molecule has 0 aliphatic heterocycles. The first-order valence-corrected chi connectivity index (χ1v) is 8.39. The van der Waals surface area contributed by atoms with Crippen molar-refractivity contribution < 1.29 is 9.18 Å². The Morgan fingerprint density at radius 2 is 2.15 bits per heavy atom. The molecule has 1 aliphatic rings. The third-order valence-corrected chi connectivity index (χ3v) is 4.42. The Labute approximate surface area is 151 Å². The van der Waals surface area contributed by atoms with Crippen molar-refractivity contribution in [1.82, 2.24) is 14.5 Å². The molecule has 2 radical (unpaired) electrons. The van der Waals surface area contributed by atoms with Crippen LogP contribution in [0.25, 0.3) is 5.69 Å². The summed E-state index contributed by atoms with van der Waals surface area (Å²) in [6, 6.07) is 7.76. The molecule has 1 fully saturated rings. The molecule has 26 heavy (non-hydrogen) atoms. The summed E-state index contributed by atoms with van der Waals surface area (Å²) in [6.45, 7) is 1.80. The molecule has 1 aliphatic carbocycles. The molecule has 1 amide bonds. The van der Waals surface area contributed by atoms with Gasteiger partial charge in [-0.05, 0) is 49.1 Å². The van der Waals surface area contributed by atoms with Gasteiger partial charge < -0.3 is 9.88 Å². The number of benzene rings is 1. The van der Waals surface area contributed by atoms with Gasteiger partial charge in [-0.1, -0.05) is 12.1 Å². The molecular formula is C19H16BFN4O. The summed E-state index contributed by atoms with van der Waals surface area (Å²) in [5, 5.41) is 2.58. The zero-order chi connectivity index (χ0) is 18.3. The number of pyridine rings is 1. The van der Waals surface area contributed by atoms with Crippen molar-refractivity contribution >= 4 is 25.2 Å². The molecule has 7 heteroatoms. The Morgan fingerprint density at radius 1 is 1.35 bits per heavy atom. The number of aromatic nitrogens is 3. The highest BCUT2D eigenvalue weighted by Crippen LogP contribution is 2.39. The summed E-state index contributed by atoms with van der Waals surface area (Å²) in [5.41, 5.74) is 2.69. The number of anilines is 1. The lowest BCUT2D eigenvalue weighted by Crippen LogP contribution is -2.18. The van der Waals surface area contributed by atoms with E-state index in [-0.39, 0.29) is 17.0 Å². The topological polar surface area (TPSA) is 59.8 Å². The maximum Gasteiger partial charge on any atom is 0.259 e. The molecule has 3 aromatic rings. The highest BCUT2D eigenvalue weighted by molar-refractivity contribution is 6.30. The number of hydrogen-bond acceptors (Lipinski definition) is 3. The van der Waals surface area contributed by atoms with Crippen LogP contribution < -0.4 is 10.9 Å². The number of nitrogens with one attached hydrogen (secondary N) is 1. The molecule has 1 N–H and O–H groups in total. The predicted molar refractivity (Wildman–Crippen MR) is 97.8 cm³/mol. The zero-order valence-electron chi connectivity index (χ0n) is 14.2. The van der Waals surface area contributed by atoms with Gasteiger partial charge in [0.2, 0.25) is 0 Å². The fourth-order valence-corrected chi connectivity index (χ4v) is 2.88. The minimum absolute atomic E-state index is 0.0588. The van der Waals surface area contributed by atoms with Crippen molar-refractivity contribution in [2.75, 3.05) is 5.32 Å². The average molecular weight is 346 g/mol. The number of rotatable bonds is 4. The Bertz CT molecular complexity index is 997. The van der Waals surface area contributed by atoms with Gasteiger partial charge in [-0.15, -0.1) is 0 Å². The van der Waals surface area contributed by atoms with Crippen LogP contribution in [-0.2, 0) is 0 Å². The number of aryl methyl sites for hydroxylation is 1. The van der Waals surface area contributed by atoms with Gasteiger partial charge in [0, 0.05) is 12.1 Å². The Kier molecular flexibility index (Phi) is 4.07. The molecule has 0 bridgehead atoms. The Morgan fingerprint density at radius 3 is 2.88 bits per heavy atom. The van der Waals surface area contributed by atoms with Crippen LogP contribution in [0, 0.1) is 12.7 Å². The fraction of sp³-hybridized carbons (Fsp3) is 0.211. The van der Waals surface area contributed by atoms with E-state index in [4.69, 9.17) is 7.85 Å². The van der Waals surface area contributed by atoms with Crippen LogP contribution in [-0.4, -0.2) is 28.3 Å². The molecule has 0 unspecified atom stereocenters. The first-order valence-electron chi connectivity index (χ1n) is 8.39. The summed E-state index contributed by atoms with van der Waals surface area (Å²) >= 11 is 0. The van der Waals surface area contributed by atoms with E-state index < -0.39 is 11.7 Å². The lowest BCUT2D eigenvalue weighted by atomic mass is 10.0. The molecule has 5 nitrogen and oxygen atoms in total. The molecule has 0 spiro atoms. The summed E-state index contributed by atoms with van der Waals surface area (Å²) in [6.07, 6.45) is 5.95. The minimum atomic E-state index is -0.588. The van der Waals surface area contributed by atoms with Gasteiger partial charge >= 0.3 is 0 Å². The second-order valence-electron chi connectivity index (χ2n) is 6.50. The van der Waals surface area contributed by atoms with Gasteiger partial charge in [-0.2, -0.15) is 0 Å². The monoisotopic (exact) mass is 346 g/mol. The molecule has 0 saturated heterocycles. The van der Waals surface area contributed by atoms with Crippen LogP contribution in [0.15, 0.2) is 42.9 Å². The van der Waals surface area contributed by atoms with E-state index in [2.05, 4.69) is 15.3 Å². The van der Waals surface area contributed by atoms with E-state index >= 15 is 0 Å². The molecular weight excluding hydrogens is 330 g/mol. The number of carbonyl (C=O) groups is 1. The largest absolute Gasteiger partial charge is 0.306 e. The number of halogens is 1. The van der Waals surface area contributed by atoms with Gasteiger partial charge in [0.15, 0.2) is 0 Å². The third-order valence-electron chi connectivity index (χ3n) is 4.42. The van der Waals surface area contributed by atoms with Crippen LogP contribution in [0.3, 0.4) is 0 Å². The van der Waals surface area contributed by atoms with Crippen molar-refractivity contribution in [3.63, 3.8) is 0 Å². The number of hydrogen-bond donors (Lipinski definition) is 1. The first-order chi connectivity index (χ1) is 12.5. The van der Waals surface area contributed by atoms with Crippen molar-refractivity contribution in [1.29, 1.82) is 0 Å². The van der Waals surface area contributed by atoms with Crippen molar-refractivity contribution in [3.05, 3.63) is 65.5 Å². The molecule has 128 valence electrons. The maximum absolute atomic E-state index is 14.4. The first kappa shape index (κ1) is 16.5. The van der Waals surface area contributed by atoms with E-state index in [0.717, 1.165) is 29.8 Å². The third kappa shape index (κ3) is 3.25. The number of amides is 1. The van der Waals surface area contributed by atoms with Crippen molar-refractivity contribution in [2.45, 2.75) is 25.7 Å². The molecule has 2 heterocycles. The van der Waals surface area contributed by atoms with Crippen LogP contribution in [0.5, 0.6) is 0 Å². The summed E-state index contributed by atoms with van der Waals surface area (Å²) < 4.78 is 16.2. The Hall–Kier alpha value is -2.96. The smallest absolute Gasteiger partial charge is 0.259 e. The standard InChI is InChI=1S/C19H16BFN4O/c1-11-7-14(21)13(19(26)24-18-4-2-3-17(20)23-18)8-16(11)25-9-15(22-10-25)12-5-6-12/h2-4,7-10,12H,5-6H2,1H3,(H,23,24,26). The van der Waals surface area contributed by atoms with Crippen molar-refractivity contribution in [3.8, 4) is 5.69 Å². The predicted octanol–water partition coefficient (Wildman–Crippen LogP) is 2.64. The normalized spacial score (nSPS) is 13.6. The minimum Gasteiger partial charge on any atom is -0.306 e. The second-order valence-corrected chi connectivity index (χ2v) is 6.50. The highest BCUT2D eigenvalue weighted by atomic mass is 19.1. The molecule has 1 aromatic carbocycles. The van der Waals surface area contributed by atoms with Crippen molar-refractivity contribution in [2.24, 2.45) is 0 Å². The Balaban J connectivity index is 1.66. The fourth-order valence-electron chi connectivity index (χ4n) is 2.88. The van der Waals surface area contributed by atoms with E-state index in [1.165, 1.54) is 12.1 Å². The number of nitrogens with zero attached hydrogens (tertiary/aromatic N) is 3. The summed E-state index contributed by atoms with van der Waals surface area (Å²) in [5.74, 6) is -0.371. The lowest BCUT2D eigenvalue weighted by molar-refractivity contribution is 0.102. The van der Waals surface area contributed by atoms with Gasteiger partial charge in [0.1, 0.15) is 19.5 Å². The van der Waals surface area contributed by atoms with E-state index in [1.807, 2.05) is 10.8 Å². The van der Waals surface area contributed by atoms with E-state index in [1.54, 1.807) is 31.5 Å². The van der Waals surface area contributed by atoms with Gasteiger partial charge in [-0.25, -0.2) is 14.4 Å². The molecule has 1 saturated carbocycles. The average Bonchev–Trinajstić information content (AvgIpc) is 3.33. The second kappa shape index (κ2) is 6.40. The van der Waals surface area contributed by atoms with E-state index in [0.29, 0.717) is 5.92 Å². The van der Waals surface area contributed by atoms with E-state index in [9.17, 15) is 9.18 Å². The van der Waals surface area contributed by atoms with Gasteiger partial charge in [-0.3, -0.25) is 4.79 Å². The van der Waals surface area contributed by atoms with Gasteiger partial charge in [0.05, 0.1) is 23.3 Å². The van der Waals surface area contributed by atoms with Crippen LogP contribution in [0.2, 0.25) is 0 Å². The maximum atomic E-state index is 14.4. The molecule has 0 atom stereocenters. The zero-order valence-corrected chi connectivity index (χ0v) is 14.2. The van der Waals surface area contributed by atoms with Crippen LogP contribution >= 0.6 is 0 Å². The molecule has 4 rings (SSSR count). The van der Waals surface area contributed by atoms with Gasteiger partial charge in [0.25, 0.3) is 5.91 Å². The highest BCUT2D eigenvalue weighted by Gasteiger charge is 2.26. The number of imidazole rings is 1. The van der Waals surface area contributed by atoms with Crippen LogP contribution in [0.4, 0.5) is 10.2 Å². The summed E-state index contributed by atoms with van der Waals surface area (Å²) in [4.78, 5) is 20.9.